The maximum atomic E-state index is 6.15. The van der Waals surface area contributed by atoms with Crippen LogP contribution in [0.4, 0.5) is 0 Å². The van der Waals surface area contributed by atoms with E-state index in [0.29, 0.717) is 6.61 Å². The van der Waals surface area contributed by atoms with Gasteiger partial charge < -0.3 is 4.74 Å². The smallest absolute Gasteiger partial charge is 0.217 e. The zero-order chi connectivity index (χ0) is 20.9. The number of ether oxygens (including phenoxy) is 1. The molecule has 0 amide bonds. The summed E-state index contributed by atoms with van der Waals surface area (Å²) in [6.07, 6.45) is 0.901. The van der Waals surface area contributed by atoms with E-state index in [1.165, 1.54) is 21.5 Å². The van der Waals surface area contributed by atoms with E-state index in [2.05, 4.69) is 115 Å². The van der Waals surface area contributed by atoms with Crippen molar-refractivity contribution in [2.24, 2.45) is 4.99 Å². The average molecular weight is 421 g/mol. The Bertz CT molecular complexity index is 1120. The molecule has 0 radical (unpaired) electrons. The lowest BCUT2D eigenvalue weighted by atomic mass is 10.1. The van der Waals surface area contributed by atoms with Crippen LogP contribution in [-0.2, 0) is 11.2 Å². The minimum Gasteiger partial charge on any atom is -0.475 e. The van der Waals surface area contributed by atoms with Gasteiger partial charge in [0.1, 0.15) is 6.61 Å². The molecule has 4 aromatic rings. The van der Waals surface area contributed by atoms with Crippen molar-refractivity contribution in [2.75, 3.05) is 6.61 Å². The Morgan fingerprint density at radius 1 is 0.677 bits per heavy atom. The molecule has 0 aromatic heterocycles. The van der Waals surface area contributed by atoms with Crippen LogP contribution in [0.15, 0.2) is 120 Å². The molecule has 1 heterocycles. The Morgan fingerprint density at radius 2 is 1.23 bits per heavy atom. The van der Waals surface area contributed by atoms with Crippen LogP contribution < -0.4 is 15.9 Å². The highest BCUT2D eigenvalue weighted by atomic mass is 31.1. The third-order valence-electron chi connectivity index (χ3n) is 5.43. The van der Waals surface area contributed by atoms with E-state index in [4.69, 9.17) is 9.73 Å². The van der Waals surface area contributed by atoms with Crippen molar-refractivity contribution in [1.29, 1.82) is 0 Å². The molecule has 0 spiro atoms. The van der Waals surface area contributed by atoms with Crippen LogP contribution in [0, 0.1) is 0 Å². The van der Waals surface area contributed by atoms with E-state index >= 15 is 0 Å². The van der Waals surface area contributed by atoms with Gasteiger partial charge in [-0.15, -0.1) is 0 Å². The van der Waals surface area contributed by atoms with E-state index in [0.717, 1.165) is 17.9 Å². The Kier molecular flexibility index (Phi) is 5.91. The lowest BCUT2D eigenvalue weighted by molar-refractivity contribution is 0.317. The fourth-order valence-corrected chi connectivity index (χ4v) is 6.43. The summed E-state index contributed by atoms with van der Waals surface area (Å²) in [7, 11) is -0.706. The first-order valence-electron chi connectivity index (χ1n) is 10.6. The van der Waals surface area contributed by atoms with Crippen molar-refractivity contribution in [1.82, 2.24) is 0 Å². The second kappa shape index (κ2) is 9.29. The van der Waals surface area contributed by atoms with Gasteiger partial charge in [0.15, 0.2) is 0 Å². The van der Waals surface area contributed by atoms with Crippen molar-refractivity contribution in [3.05, 3.63) is 126 Å². The van der Waals surface area contributed by atoms with Crippen molar-refractivity contribution in [3.8, 4) is 0 Å². The summed E-state index contributed by atoms with van der Waals surface area (Å²) >= 11 is 0. The molecule has 152 valence electrons. The summed E-state index contributed by atoms with van der Waals surface area (Å²) < 4.78 is 6.15. The molecule has 1 atom stereocenters. The van der Waals surface area contributed by atoms with E-state index in [9.17, 15) is 0 Å². The molecule has 0 saturated carbocycles. The zero-order valence-corrected chi connectivity index (χ0v) is 18.2. The third kappa shape index (κ3) is 4.45. The number of aliphatic imine (C=N–C) groups is 1. The first kappa shape index (κ1) is 19.7. The molecule has 3 heteroatoms. The van der Waals surface area contributed by atoms with Crippen LogP contribution in [0.5, 0.6) is 0 Å². The minimum absolute atomic E-state index is 0.158. The molecule has 0 N–H and O–H groups in total. The molecule has 31 heavy (non-hydrogen) atoms. The number of nitrogens with zero attached hydrogens (tertiary/aromatic N) is 1. The number of benzene rings is 4. The highest BCUT2D eigenvalue weighted by Crippen LogP contribution is 2.34. The van der Waals surface area contributed by atoms with Crippen LogP contribution in [-0.4, -0.2) is 18.5 Å². The van der Waals surface area contributed by atoms with Gasteiger partial charge in [0, 0.05) is 5.56 Å². The van der Waals surface area contributed by atoms with Gasteiger partial charge in [-0.3, -0.25) is 0 Å². The molecule has 1 aliphatic rings. The molecular formula is C28H24NOP. The Balaban J connectivity index is 1.53. The quantitative estimate of drug-likeness (QED) is 0.409. The second-order valence-corrected chi connectivity index (χ2v) is 9.80. The molecule has 0 saturated heterocycles. The maximum absolute atomic E-state index is 6.15. The Hall–Kier alpha value is -3.22. The van der Waals surface area contributed by atoms with Gasteiger partial charge in [0.05, 0.1) is 6.04 Å². The largest absolute Gasteiger partial charge is 0.475 e. The summed E-state index contributed by atoms with van der Waals surface area (Å²) in [5.74, 6) is 0.774. The maximum Gasteiger partial charge on any atom is 0.217 e. The highest BCUT2D eigenvalue weighted by Gasteiger charge is 2.26. The van der Waals surface area contributed by atoms with Crippen molar-refractivity contribution in [3.63, 3.8) is 0 Å². The monoisotopic (exact) mass is 421 g/mol. The first-order valence-corrected chi connectivity index (χ1v) is 12.0. The summed E-state index contributed by atoms with van der Waals surface area (Å²) in [4.78, 5) is 4.99. The van der Waals surface area contributed by atoms with E-state index in [1.54, 1.807) is 0 Å². The molecule has 0 unspecified atom stereocenters. The van der Waals surface area contributed by atoms with Gasteiger partial charge in [-0.25, -0.2) is 4.99 Å². The summed E-state index contributed by atoms with van der Waals surface area (Å²) in [5, 5.41) is 3.94. The zero-order valence-electron chi connectivity index (χ0n) is 17.3. The number of hydrogen-bond acceptors (Lipinski definition) is 2. The molecule has 2 nitrogen and oxygen atoms in total. The van der Waals surface area contributed by atoms with Crippen LogP contribution in [0.1, 0.15) is 11.1 Å². The average Bonchev–Trinajstić information content (AvgIpc) is 3.30. The first-order chi connectivity index (χ1) is 15.4. The normalized spacial score (nSPS) is 15.5. The summed E-state index contributed by atoms with van der Waals surface area (Å²) in [6, 6.07) is 40.8. The molecular weight excluding hydrogens is 397 g/mol. The highest BCUT2D eigenvalue weighted by molar-refractivity contribution is 7.80. The second-order valence-electron chi connectivity index (χ2n) is 7.61. The molecule has 4 aromatic carbocycles. The standard InChI is InChI=1S/C28H24NOP/c1-4-12-22(13-5-1)20-23-21-30-28(29-23)26-18-10-11-19-27(26)31(24-14-6-2-7-15-24)25-16-8-3-9-17-25/h1-19,23H,20-21H2/t23-/m0/s1. The SMILES string of the molecule is c1ccc(C[C@H]2COC(c3ccccc3P(c3ccccc3)c3ccccc3)=N2)cc1. The van der Waals surface area contributed by atoms with Gasteiger partial charge in [0.25, 0.3) is 0 Å². The predicted molar refractivity (Wildman–Crippen MR) is 132 cm³/mol. The van der Waals surface area contributed by atoms with Crippen LogP contribution in [0.3, 0.4) is 0 Å². The summed E-state index contributed by atoms with van der Waals surface area (Å²) in [5.41, 5.74) is 2.40. The molecule has 1 aliphatic heterocycles. The lowest BCUT2D eigenvalue weighted by Crippen LogP contribution is -2.25. The van der Waals surface area contributed by atoms with E-state index in [-0.39, 0.29) is 6.04 Å². The van der Waals surface area contributed by atoms with Crippen molar-refractivity contribution < 1.29 is 4.74 Å². The van der Waals surface area contributed by atoms with Gasteiger partial charge in [-0.1, -0.05) is 109 Å². The fraction of sp³-hybridized carbons (Fsp3) is 0.107. The van der Waals surface area contributed by atoms with Crippen LogP contribution in [0.2, 0.25) is 0 Å². The molecule has 0 aliphatic carbocycles. The molecule has 0 bridgehead atoms. The van der Waals surface area contributed by atoms with Crippen LogP contribution >= 0.6 is 7.92 Å². The third-order valence-corrected chi connectivity index (χ3v) is 7.93. The summed E-state index contributed by atoms with van der Waals surface area (Å²) in [6.45, 7) is 0.632. The van der Waals surface area contributed by atoms with Crippen molar-refractivity contribution >= 4 is 29.7 Å². The lowest BCUT2D eigenvalue weighted by Gasteiger charge is -2.22. The molecule has 0 fully saturated rings. The van der Waals surface area contributed by atoms with E-state index in [1.807, 2.05) is 0 Å². The van der Waals surface area contributed by atoms with Gasteiger partial charge in [0.2, 0.25) is 5.90 Å². The topological polar surface area (TPSA) is 21.6 Å². The Morgan fingerprint density at radius 3 is 1.87 bits per heavy atom. The number of rotatable bonds is 6. The number of hydrogen-bond donors (Lipinski definition) is 0. The van der Waals surface area contributed by atoms with Gasteiger partial charge in [-0.2, -0.15) is 0 Å². The molecule has 5 rings (SSSR count). The van der Waals surface area contributed by atoms with Crippen molar-refractivity contribution in [2.45, 2.75) is 12.5 Å². The predicted octanol–water partition coefficient (Wildman–Crippen LogP) is 4.83. The van der Waals surface area contributed by atoms with E-state index < -0.39 is 7.92 Å². The van der Waals surface area contributed by atoms with Gasteiger partial charge in [-0.05, 0) is 41.9 Å². The fourth-order valence-electron chi connectivity index (χ4n) is 3.98. The van der Waals surface area contributed by atoms with Crippen LogP contribution in [0.25, 0.3) is 0 Å². The minimum atomic E-state index is -0.706. The Labute approximate surface area is 185 Å². The van der Waals surface area contributed by atoms with Gasteiger partial charge >= 0.3 is 0 Å².